The monoisotopic (exact) mass is 342 g/mol. The van der Waals surface area contributed by atoms with Crippen molar-refractivity contribution in [3.8, 4) is 0 Å². The third kappa shape index (κ3) is 5.42. The van der Waals surface area contributed by atoms with Gasteiger partial charge in [0, 0.05) is 11.4 Å². The molecule has 0 radical (unpaired) electrons. The van der Waals surface area contributed by atoms with Crippen LogP contribution in [0.2, 0.25) is 0 Å². The number of carbonyl (C=O) groups is 2. The van der Waals surface area contributed by atoms with Crippen LogP contribution in [0.25, 0.3) is 0 Å². The maximum absolute atomic E-state index is 12.2. The molecule has 0 aliphatic heterocycles. The lowest BCUT2D eigenvalue weighted by Gasteiger charge is -2.13. The Kier molecular flexibility index (Phi) is 6.44. The molecule has 126 valence electrons. The number of aryl methyl sites for hydroxylation is 2. The summed E-state index contributed by atoms with van der Waals surface area (Å²) in [5.41, 5.74) is 3.68. The van der Waals surface area contributed by atoms with Gasteiger partial charge in [-0.3, -0.25) is 9.59 Å². The smallest absolute Gasteiger partial charge is 0.237 e. The summed E-state index contributed by atoms with van der Waals surface area (Å²) >= 11 is 1.32. The molecule has 2 aromatic rings. The largest absolute Gasteiger partial charge is 0.325 e. The zero-order chi connectivity index (χ0) is 17.5. The lowest BCUT2D eigenvalue weighted by molar-refractivity contribution is -0.115. The predicted octanol–water partition coefficient (Wildman–Crippen LogP) is 4.00. The zero-order valence-electron chi connectivity index (χ0n) is 14.1. The second kappa shape index (κ2) is 8.55. The zero-order valence-corrected chi connectivity index (χ0v) is 14.9. The molecule has 0 spiro atoms. The van der Waals surface area contributed by atoms with Gasteiger partial charge in [0.15, 0.2) is 0 Å². The van der Waals surface area contributed by atoms with Gasteiger partial charge in [-0.2, -0.15) is 0 Å². The number of benzene rings is 2. The first kappa shape index (κ1) is 18.1. The van der Waals surface area contributed by atoms with Crippen LogP contribution in [0.15, 0.2) is 48.5 Å². The van der Waals surface area contributed by atoms with Gasteiger partial charge in [0.05, 0.1) is 11.0 Å². The summed E-state index contributed by atoms with van der Waals surface area (Å²) in [6.07, 6.45) is 0. The Morgan fingerprint density at radius 1 is 1.04 bits per heavy atom. The van der Waals surface area contributed by atoms with E-state index >= 15 is 0 Å². The fourth-order valence-electron chi connectivity index (χ4n) is 2.14. The first-order valence-electron chi connectivity index (χ1n) is 7.80. The van der Waals surface area contributed by atoms with Crippen LogP contribution in [0, 0.1) is 13.8 Å². The minimum Gasteiger partial charge on any atom is -0.325 e. The average Bonchev–Trinajstić information content (AvgIpc) is 2.54. The van der Waals surface area contributed by atoms with Gasteiger partial charge in [-0.15, -0.1) is 11.8 Å². The van der Waals surface area contributed by atoms with Crippen molar-refractivity contribution in [1.82, 2.24) is 0 Å². The molecule has 0 saturated carbocycles. The molecule has 2 N–H and O–H groups in total. The topological polar surface area (TPSA) is 58.2 Å². The molecule has 2 rings (SSSR count). The molecule has 0 aliphatic rings. The van der Waals surface area contributed by atoms with Crippen molar-refractivity contribution >= 4 is 35.0 Å². The highest BCUT2D eigenvalue weighted by molar-refractivity contribution is 8.01. The van der Waals surface area contributed by atoms with Crippen LogP contribution in [0.4, 0.5) is 11.4 Å². The van der Waals surface area contributed by atoms with Gasteiger partial charge in [-0.1, -0.05) is 30.3 Å². The Hall–Kier alpha value is -2.27. The van der Waals surface area contributed by atoms with Crippen molar-refractivity contribution in [2.75, 3.05) is 16.4 Å². The summed E-state index contributed by atoms with van der Waals surface area (Å²) in [7, 11) is 0. The van der Waals surface area contributed by atoms with Crippen molar-refractivity contribution in [3.05, 3.63) is 59.7 Å². The SMILES string of the molecule is Cc1cccc(NC(=O)CS[C@@H](C)C(=O)Nc2ccccc2C)c1. The molecule has 5 heteroatoms. The Morgan fingerprint density at radius 2 is 1.79 bits per heavy atom. The summed E-state index contributed by atoms with van der Waals surface area (Å²) in [5.74, 6) is 0.0230. The summed E-state index contributed by atoms with van der Waals surface area (Å²) < 4.78 is 0. The number of anilines is 2. The molecule has 0 aliphatic carbocycles. The van der Waals surface area contributed by atoms with Crippen LogP contribution in [-0.2, 0) is 9.59 Å². The van der Waals surface area contributed by atoms with Crippen molar-refractivity contribution in [2.24, 2.45) is 0 Å². The highest BCUT2D eigenvalue weighted by Crippen LogP contribution is 2.18. The maximum atomic E-state index is 12.2. The van der Waals surface area contributed by atoms with Crippen LogP contribution in [0.1, 0.15) is 18.1 Å². The molecule has 2 aromatic carbocycles. The number of thioether (sulfide) groups is 1. The predicted molar refractivity (Wildman–Crippen MR) is 102 cm³/mol. The number of nitrogens with one attached hydrogen (secondary N) is 2. The third-order valence-corrected chi connectivity index (χ3v) is 4.68. The molecular formula is C19H22N2O2S. The van der Waals surface area contributed by atoms with Gasteiger partial charge in [-0.25, -0.2) is 0 Å². The average molecular weight is 342 g/mol. The van der Waals surface area contributed by atoms with E-state index in [-0.39, 0.29) is 22.8 Å². The van der Waals surface area contributed by atoms with Crippen molar-refractivity contribution in [2.45, 2.75) is 26.0 Å². The standard InChI is InChI=1S/C19H22N2O2S/c1-13-7-6-9-16(11-13)20-18(22)12-24-15(3)19(23)21-17-10-5-4-8-14(17)2/h4-11,15H,12H2,1-3H3,(H,20,22)(H,21,23)/t15-/m0/s1. The number of hydrogen-bond donors (Lipinski definition) is 2. The number of para-hydroxylation sites is 1. The quantitative estimate of drug-likeness (QED) is 0.834. The Labute approximate surface area is 147 Å². The molecule has 0 fully saturated rings. The van der Waals surface area contributed by atoms with Gasteiger partial charge in [-0.05, 0) is 50.1 Å². The first-order chi connectivity index (χ1) is 11.5. The minimum atomic E-state index is -0.312. The molecule has 0 bridgehead atoms. The summed E-state index contributed by atoms with van der Waals surface area (Å²) in [6, 6.07) is 15.3. The van der Waals surface area contributed by atoms with Crippen molar-refractivity contribution in [1.29, 1.82) is 0 Å². The van der Waals surface area contributed by atoms with Gasteiger partial charge >= 0.3 is 0 Å². The fraction of sp³-hybridized carbons (Fsp3) is 0.263. The summed E-state index contributed by atoms with van der Waals surface area (Å²) in [5, 5.41) is 5.43. The first-order valence-corrected chi connectivity index (χ1v) is 8.85. The molecule has 2 amide bonds. The third-order valence-electron chi connectivity index (χ3n) is 3.54. The van der Waals surface area contributed by atoms with Gasteiger partial charge in [0.1, 0.15) is 0 Å². The molecular weight excluding hydrogens is 320 g/mol. The Bertz CT molecular complexity index is 731. The molecule has 0 saturated heterocycles. The van der Waals surface area contributed by atoms with E-state index in [0.717, 1.165) is 22.5 Å². The van der Waals surface area contributed by atoms with Crippen LogP contribution in [0.3, 0.4) is 0 Å². The van der Waals surface area contributed by atoms with Crippen LogP contribution in [0.5, 0.6) is 0 Å². The van der Waals surface area contributed by atoms with Gasteiger partial charge in [0.2, 0.25) is 11.8 Å². The fourth-order valence-corrected chi connectivity index (χ4v) is 2.83. The van der Waals surface area contributed by atoms with E-state index in [1.54, 1.807) is 6.92 Å². The number of amides is 2. The van der Waals surface area contributed by atoms with Crippen molar-refractivity contribution < 1.29 is 9.59 Å². The number of carbonyl (C=O) groups excluding carboxylic acids is 2. The number of rotatable bonds is 6. The van der Waals surface area contributed by atoms with E-state index < -0.39 is 0 Å². The second-order valence-corrected chi connectivity index (χ2v) is 7.00. The van der Waals surface area contributed by atoms with Gasteiger partial charge in [0.25, 0.3) is 0 Å². The highest BCUT2D eigenvalue weighted by Gasteiger charge is 2.16. The molecule has 1 atom stereocenters. The van der Waals surface area contributed by atoms with E-state index in [4.69, 9.17) is 0 Å². The molecule has 0 aromatic heterocycles. The number of hydrogen-bond acceptors (Lipinski definition) is 3. The van der Waals surface area contributed by atoms with Crippen molar-refractivity contribution in [3.63, 3.8) is 0 Å². The minimum absolute atomic E-state index is 0.0994. The van der Waals surface area contributed by atoms with E-state index in [9.17, 15) is 9.59 Å². The summed E-state index contributed by atoms with van der Waals surface area (Å²) in [4.78, 5) is 24.2. The van der Waals surface area contributed by atoms with E-state index in [1.807, 2.05) is 62.4 Å². The second-order valence-electron chi connectivity index (χ2n) is 5.68. The van der Waals surface area contributed by atoms with E-state index in [1.165, 1.54) is 11.8 Å². The summed E-state index contributed by atoms with van der Waals surface area (Å²) in [6.45, 7) is 5.73. The molecule has 24 heavy (non-hydrogen) atoms. The van der Waals surface area contributed by atoms with Gasteiger partial charge < -0.3 is 10.6 Å². The van der Waals surface area contributed by atoms with E-state index in [2.05, 4.69) is 10.6 Å². The lowest BCUT2D eigenvalue weighted by Crippen LogP contribution is -2.25. The Morgan fingerprint density at radius 3 is 2.50 bits per heavy atom. The normalized spacial score (nSPS) is 11.6. The van der Waals surface area contributed by atoms with Crippen LogP contribution < -0.4 is 10.6 Å². The molecule has 4 nitrogen and oxygen atoms in total. The highest BCUT2D eigenvalue weighted by atomic mass is 32.2. The maximum Gasteiger partial charge on any atom is 0.237 e. The van der Waals surface area contributed by atoms with Crippen LogP contribution >= 0.6 is 11.8 Å². The van der Waals surface area contributed by atoms with E-state index in [0.29, 0.717) is 0 Å². The molecule has 0 unspecified atom stereocenters. The van der Waals surface area contributed by atoms with Crippen LogP contribution in [-0.4, -0.2) is 22.8 Å². The Balaban J connectivity index is 1.81. The molecule has 0 heterocycles. The lowest BCUT2D eigenvalue weighted by atomic mass is 10.2.